The first-order valence-electron chi connectivity index (χ1n) is 6.34. The Morgan fingerprint density at radius 1 is 1.25 bits per heavy atom. The fourth-order valence-electron chi connectivity index (χ4n) is 2.73. The van der Waals surface area contributed by atoms with Crippen molar-refractivity contribution in [3.05, 3.63) is 12.7 Å². The minimum atomic E-state index is 0.478. The van der Waals surface area contributed by atoms with Gasteiger partial charge < -0.3 is 9.88 Å². The van der Waals surface area contributed by atoms with Crippen molar-refractivity contribution >= 4 is 0 Å². The third kappa shape index (κ3) is 3.04. The first kappa shape index (κ1) is 11.6. The number of hydrogen-bond donors (Lipinski definition) is 1. The summed E-state index contributed by atoms with van der Waals surface area (Å²) in [5.74, 6) is 0.878. The van der Waals surface area contributed by atoms with Crippen LogP contribution in [0.5, 0.6) is 0 Å². The van der Waals surface area contributed by atoms with Gasteiger partial charge >= 0.3 is 0 Å². The van der Waals surface area contributed by atoms with Gasteiger partial charge in [-0.05, 0) is 32.6 Å². The van der Waals surface area contributed by atoms with Gasteiger partial charge in [-0.2, -0.15) is 0 Å². The van der Waals surface area contributed by atoms with Gasteiger partial charge in [0.15, 0.2) is 0 Å². The Labute approximate surface area is 97.5 Å². The van der Waals surface area contributed by atoms with Crippen molar-refractivity contribution in [3.63, 3.8) is 0 Å². The molecule has 2 atom stereocenters. The van der Waals surface area contributed by atoms with Gasteiger partial charge in [0.2, 0.25) is 0 Å². The number of rotatable bonds is 5. The molecule has 1 aromatic heterocycles. The summed E-state index contributed by atoms with van der Waals surface area (Å²) < 4.78 is 2.03. The molecule has 2 rings (SSSR count). The molecule has 0 bridgehead atoms. The average Bonchev–Trinajstić information content (AvgIpc) is 2.88. The van der Waals surface area contributed by atoms with Crippen LogP contribution >= 0.6 is 0 Å². The highest BCUT2D eigenvalue weighted by molar-refractivity contribution is 4.79. The van der Waals surface area contributed by atoms with Crippen LogP contribution in [0.25, 0.3) is 0 Å². The van der Waals surface area contributed by atoms with E-state index in [1.165, 1.54) is 25.7 Å². The molecule has 1 fully saturated rings. The van der Waals surface area contributed by atoms with E-state index < -0.39 is 0 Å². The van der Waals surface area contributed by atoms with Crippen LogP contribution in [-0.4, -0.2) is 26.8 Å². The summed E-state index contributed by atoms with van der Waals surface area (Å²) in [6, 6.07) is 1.11. The highest BCUT2D eigenvalue weighted by Gasteiger charge is 2.22. The average molecular weight is 222 g/mol. The van der Waals surface area contributed by atoms with Crippen molar-refractivity contribution in [2.24, 2.45) is 5.92 Å². The van der Waals surface area contributed by atoms with Crippen molar-refractivity contribution in [2.45, 2.75) is 58.2 Å². The second-order valence-electron chi connectivity index (χ2n) is 5.06. The summed E-state index contributed by atoms with van der Waals surface area (Å²) in [5, 5.41) is 11.3. The topological polar surface area (TPSA) is 42.7 Å². The van der Waals surface area contributed by atoms with Crippen molar-refractivity contribution in [2.75, 3.05) is 0 Å². The molecule has 1 heterocycles. The summed E-state index contributed by atoms with van der Waals surface area (Å²) in [6.45, 7) is 5.49. The van der Waals surface area contributed by atoms with E-state index in [1.807, 2.05) is 4.57 Å². The third-order valence-corrected chi connectivity index (χ3v) is 3.61. The number of nitrogens with zero attached hydrogens (tertiary/aromatic N) is 3. The molecular weight excluding hydrogens is 200 g/mol. The Morgan fingerprint density at radius 2 is 1.88 bits per heavy atom. The summed E-state index contributed by atoms with van der Waals surface area (Å²) in [4.78, 5) is 0. The van der Waals surface area contributed by atoms with Gasteiger partial charge in [-0.15, -0.1) is 10.2 Å². The molecule has 4 nitrogen and oxygen atoms in total. The van der Waals surface area contributed by atoms with Crippen molar-refractivity contribution in [3.8, 4) is 0 Å². The van der Waals surface area contributed by atoms with E-state index in [0.29, 0.717) is 12.1 Å². The van der Waals surface area contributed by atoms with E-state index in [9.17, 15) is 0 Å². The van der Waals surface area contributed by atoms with E-state index in [0.717, 1.165) is 12.5 Å². The third-order valence-electron chi connectivity index (χ3n) is 3.61. The molecule has 0 aliphatic heterocycles. The standard InChI is InChI=1S/C12H22N4/c1-10(7-16-8-13-14-9-16)15-11(2)12-5-3-4-6-12/h8-12,15H,3-7H2,1-2H3. The first-order chi connectivity index (χ1) is 7.75. The molecule has 1 aromatic rings. The first-order valence-corrected chi connectivity index (χ1v) is 6.34. The van der Waals surface area contributed by atoms with Gasteiger partial charge in [0.25, 0.3) is 0 Å². The lowest BCUT2D eigenvalue weighted by Crippen LogP contribution is -2.40. The SMILES string of the molecule is CC(Cn1cnnc1)NC(C)C1CCCC1. The van der Waals surface area contributed by atoms with E-state index in [-0.39, 0.29) is 0 Å². The van der Waals surface area contributed by atoms with Crippen LogP contribution in [0.3, 0.4) is 0 Å². The predicted octanol–water partition coefficient (Wildman–Crippen LogP) is 1.83. The van der Waals surface area contributed by atoms with E-state index >= 15 is 0 Å². The van der Waals surface area contributed by atoms with Crippen LogP contribution in [0.1, 0.15) is 39.5 Å². The summed E-state index contributed by atoms with van der Waals surface area (Å²) >= 11 is 0. The molecule has 0 aromatic carbocycles. The second-order valence-corrected chi connectivity index (χ2v) is 5.06. The van der Waals surface area contributed by atoms with Crippen molar-refractivity contribution in [1.29, 1.82) is 0 Å². The Hall–Kier alpha value is -0.900. The molecule has 16 heavy (non-hydrogen) atoms. The van der Waals surface area contributed by atoms with Crippen LogP contribution in [0.2, 0.25) is 0 Å². The molecule has 1 N–H and O–H groups in total. The zero-order valence-electron chi connectivity index (χ0n) is 10.3. The van der Waals surface area contributed by atoms with Crippen LogP contribution in [-0.2, 0) is 6.54 Å². The molecule has 1 saturated carbocycles. The highest BCUT2D eigenvalue weighted by Crippen LogP contribution is 2.27. The zero-order valence-corrected chi connectivity index (χ0v) is 10.3. The normalized spacial score (nSPS) is 21.1. The maximum absolute atomic E-state index is 3.82. The molecule has 4 heteroatoms. The fraction of sp³-hybridized carbons (Fsp3) is 0.833. The zero-order chi connectivity index (χ0) is 11.4. The minimum absolute atomic E-state index is 0.478. The van der Waals surface area contributed by atoms with Gasteiger partial charge in [-0.25, -0.2) is 0 Å². The molecule has 2 unspecified atom stereocenters. The molecule has 1 aliphatic carbocycles. The van der Waals surface area contributed by atoms with E-state index in [4.69, 9.17) is 0 Å². The maximum Gasteiger partial charge on any atom is 0.119 e. The molecule has 0 spiro atoms. The van der Waals surface area contributed by atoms with Gasteiger partial charge in [0.1, 0.15) is 12.7 Å². The van der Waals surface area contributed by atoms with Crippen molar-refractivity contribution < 1.29 is 0 Å². The number of nitrogens with one attached hydrogen (secondary N) is 1. The lowest BCUT2D eigenvalue weighted by atomic mass is 9.99. The Balaban J connectivity index is 1.75. The van der Waals surface area contributed by atoms with Crippen LogP contribution in [0.15, 0.2) is 12.7 Å². The monoisotopic (exact) mass is 222 g/mol. The maximum atomic E-state index is 3.82. The van der Waals surface area contributed by atoms with Crippen LogP contribution in [0, 0.1) is 5.92 Å². The lowest BCUT2D eigenvalue weighted by molar-refractivity contribution is 0.332. The Morgan fingerprint density at radius 3 is 2.50 bits per heavy atom. The van der Waals surface area contributed by atoms with Gasteiger partial charge in [0, 0.05) is 18.6 Å². The van der Waals surface area contributed by atoms with Gasteiger partial charge in [-0.3, -0.25) is 0 Å². The second kappa shape index (κ2) is 5.43. The Bertz CT molecular complexity index is 290. The molecule has 0 amide bonds. The summed E-state index contributed by atoms with van der Waals surface area (Å²) in [7, 11) is 0. The molecule has 0 saturated heterocycles. The number of hydrogen-bond acceptors (Lipinski definition) is 3. The highest BCUT2D eigenvalue weighted by atomic mass is 15.2. The summed E-state index contributed by atoms with van der Waals surface area (Å²) in [5.41, 5.74) is 0. The molecule has 90 valence electrons. The van der Waals surface area contributed by atoms with Gasteiger partial charge in [0.05, 0.1) is 0 Å². The van der Waals surface area contributed by atoms with Crippen molar-refractivity contribution in [1.82, 2.24) is 20.1 Å². The predicted molar refractivity (Wildman–Crippen MR) is 64.0 cm³/mol. The van der Waals surface area contributed by atoms with Gasteiger partial charge in [-0.1, -0.05) is 12.8 Å². The molecule has 0 radical (unpaired) electrons. The minimum Gasteiger partial charge on any atom is -0.319 e. The van der Waals surface area contributed by atoms with E-state index in [1.54, 1.807) is 12.7 Å². The van der Waals surface area contributed by atoms with Crippen LogP contribution in [0.4, 0.5) is 0 Å². The number of aromatic nitrogens is 3. The largest absolute Gasteiger partial charge is 0.319 e. The van der Waals surface area contributed by atoms with E-state index in [2.05, 4.69) is 29.4 Å². The smallest absolute Gasteiger partial charge is 0.119 e. The fourth-order valence-corrected chi connectivity index (χ4v) is 2.73. The van der Waals surface area contributed by atoms with Crippen LogP contribution < -0.4 is 5.32 Å². The summed E-state index contributed by atoms with van der Waals surface area (Å²) in [6.07, 6.45) is 9.17. The molecule has 1 aliphatic rings. The Kier molecular flexibility index (Phi) is 3.93. The molecular formula is C12H22N4. The lowest BCUT2D eigenvalue weighted by Gasteiger charge is -2.24. The quantitative estimate of drug-likeness (QED) is 0.826.